The van der Waals surface area contributed by atoms with E-state index in [0.29, 0.717) is 39.2 Å². The second kappa shape index (κ2) is 7.90. The number of nitrogens with one attached hydrogen (secondary N) is 1. The molecule has 2 N–H and O–H groups in total. The summed E-state index contributed by atoms with van der Waals surface area (Å²) in [5, 5.41) is 24.3. The van der Waals surface area contributed by atoms with Crippen LogP contribution in [0.1, 0.15) is 61.5 Å². The zero-order valence-electron chi connectivity index (χ0n) is 18.1. The summed E-state index contributed by atoms with van der Waals surface area (Å²) < 4.78 is 12.8. The van der Waals surface area contributed by atoms with Gasteiger partial charge in [0, 0.05) is 42.6 Å². The van der Waals surface area contributed by atoms with Crippen LogP contribution in [0.15, 0.2) is 17.3 Å². The third-order valence-corrected chi connectivity index (χ3v) is 9.43. The summed E-state index contributed by atoms with van der Waals surface area (Å²) in [6.07, 6.45) is 9.50. The van der Waals surface area contributed by atoms with E-state index in [2.05, 4.69) is 26.3 Å². The molecule has 33 heavy (non-hydrogen) atoms. The van der Waals surface area contributed by atoms with Crippen LogP contribution in [-0.4, -0.2) is 54.2 Å². The van der Waals surface area contributed by atoms with Gasteiger partial charge in [0.25, 0.3) is 0 Å². The molecule has 172 valence electrons. The summed E-state index contributed by atoms with van der Waals surface area (Å²) in [4.78, 5) is 16.7. The van der Waals surface area contributed by atoms with E-state index < -0.39 is 16.3 Å². The highest BCUT2D eigenvalue weighted by Gasteiger charge is 2.49. The maximum Gasteiger partial charge on any atom is 0.149 e. The summed E-state index contributed by atoms with van der Waals surface area (Å²) in [5.74, 6) is 2.31. The number of hydrogen-bond donors (Lipinski definition) is 2. The lowest BCUT2D eigenvalue weighted by Gasteiger charge is -2.56. The number of nitrogens with zero attached hydrogens (tertiary/aromatic N) is 5. The molecule has 2 aliphatic carbocycles. The van der Waals surface area contributed by atoms with Crippen molar-refractivity contribution >= 4 is 33.9 Å². The second-order valence-corrected chi connectivity index (χ2v) is 11.6. The lowest BCUT2D eigenvalue weighted by atomic mass is 9.73. The third-order valence-electron chi connectivity index (χ3n) is 7.77. The van der Waals surface area contributed by atoms with Gasteiger partial charge in [-0.1, -0.05) is 11.6 Å². The maximum atomic E-state index is 12.8. The molecule has 7 rings (SSSR count). The monoisotopic (exact) mass is 484 g/mol. The summed E-state index contributed by atoms with van der Waals surface area (Å²) in [6, 6.07) is 2.90. The largest absolute Gasteiger partial charge is 0.394 e. The molecular formula is C23H25ClN6O2S. The average Bonchev–Trinajstić information content (AvgIpc) is 3.17. The van der Waals surface area contributed by atoms with Gasteiger partial charge in [-0.05, 0) is 38.5 Å². The minimum absolute atomic E-state index is 0.00529. The molecule has 8 nitrogen and oxygen atoms in total. The molecule has 0 amide bonds. The summed E-state index contributed by atoms with van der Waals surface area (Å²) in [5.41, 5.74) is 1.47. The molecule has 2 bridgehead atoms. The second-order valence-electron chi connectivity index (χ2n) is 9.67. The van der Waals surface area contributed by atoms with E-state index in [1.807, 2.05) is 0 Å². The summed E-state index contributed by atoms with van der Waals surface area (Å²) in [6.45, 7) is -0.00529. The Kier molecular flexibility index (Phi) is 5.09. The molecule has 0 aromatic carbocycles. The fourth-order valence-electron chi connectivity index (χ4n) is 5.88. The van der Waals surface area contributed by atoms with Crippen molar-refractivity contribution in [2.45, 2.75) is 73.4 Å². The van der Waals surface area contributed by atoms with Gasteiger partial charge in [0.2, 0.25) is 0 Å². The van der Waals surface area contributed by atoms with Gasteiger partial charge in [-0.3, -0.25) is 4.21 Å². The molecule has 2 saturated heterocycles. The predicted molar refractivity (Wildman–Crippen MR) is 125 cm³/mol. The summed E-state index contributed by atoms with van der Waals surface area (Å²) in [7, 11) is -1.18. The lowest BCUT2D eigenvalue weighted by molar-refractivity contribution is 0.144. The maximum absolute atomic E-state index is 12.8. The molecule has 2 saturated carbocycles. The van der Waals surface area contributed by atoms with E-state index in [9.17, 15) is 14.6 Å². The highest BCUT2D eigenvalue weighted by Crippen LogP contribution is 2.50. The van der Waals surface area contributed by atoms with E-state index in [-0.39, 0.29) is 24.6 Å². The molecule has 0 spiro atoms. The molecular weight excluding hydrogens is 460 g/mol. The van der Waals surface area contributed by atoms with Gasteiger partial charge < -0.3 is 15.3 Å². The van der Waals surface area contributed by atoms with Crippen LogP contribution < -0.4 is 10.2 Å². The Labute approximate surface area is 199 Å². The molecule has 4 fully saturated rings. The van der Waals surface area contributed by atoms with Gasteiger partial charge in [-0.2, -0.15) is 5.26 Å². The molecule has 3 aliphatic heterocycles. The number of halogens is 1. The van der Waals surface area contributed by atoms with Crippen molar-refractivity contribution in [1.29, 1.82) is 5.26 Å². The highest BCUT2D eigenvalue weighted by atomic mass is 35.5. The Bertz CT molecular complexity index is 1160. The first kappa shape index (κ1) is 21.3. The molecule has 0 radical (unpaired) electrons. The molecule has 3 atom stereocenters. The zero-order chi connectivity index (χ0) is 22.7. The number of hydrogen-bond acceptors (Lipinski definition) is 8. The van der Waals surface area contributed by atoms with E-state index in [1.54, 1.807) is 12.4 Å². The van der Waals surface area contributed by atoms with Crippen molar-refractivity contribution in [3.63, 3.8) is 0 Å². The minimum Gasteiger partial charge on any atom is -0.394 e. The lowest BCUT2D eigenvalue weighted by Crippen LogP contribution is -2.61. The molecule has 5 heterocycles. The van der Waals surface area contributed by atoms with Gasteiger partial charge >= 0.3 is 0 Å². The van der Waals surface area contributed by atoms with Crippen molar-refractivity contribution in [1.82, 2.24) is 15.0 Å². The minimum atomic E-state index is -1.18. The van der Waals surface area contributed by atoms with Crippen LogP contribution in [0, 0.1) is 11.3 Å². The third kappa shape index (κ3) is 3.34. The number of piperidine rings is 1. The number of nitriles is 1. The average molecular weight is 485 g/mol. The molecule has 3 unspecified atom stereocenters. The first-order valence-corrected chi connectivity index (χ1v) is 13.2. The Morgan fingerprint density at radius 2 is 2.00 bits per heavy atom. The predicted octanol–water partition coefficient (Wildman–Crippen LogP) is 2.91. The van der Waals surface area contributed by atoms with Crippen molar-refractivity contribution in [2.75, 3.05) is 22.6 Å². The first-order valence-electron chi connectivity index (χ1n) is 11.5. The number of rotatable bonds is 5. The standard InChI is InChI=1S/C23H25ClN6O2S/c24-14-10-26-21(27-11-14)13-6-15-8-16(7-13)30(15)22-17(9-25)19(29-23(12-31)3-1-4-23)20-18(28-22)2-5-33(20)32/h10-11,13,15-16,31H,1-8,12H2,(H,28,29). The Hall–Kier alpha value is -2.28. The quantitative estimate of drug-likeness (QED) is 0.665. The van der Waals surface area contributed by atoms with Crippen LogP contribution in [0.2, 0.25) is 5.02 Å². The van der Waals surface area contributed by atoms with E-state index in [0.717, 1.165) is 50.0 Å². The number of aryl methyl sites for hydroxylation is 1. The molecule has 2 aromatic rings. The van der Waals surface area contributed by atoms with Gasteiger partial charge in [0.1, 0.15) is 23.3 Å². The number of anilines is 2. The van der Waals surface area contributed by atoms with Crippen LogP contribution in [0.25, 0.3) is 0 Å². The van der Waals surface area contributed by atoms with Crippen molar-refractivity contribution < 1.29 is 9.32 Å². The number of aromatic nitrogens is 3. The zero-order valence-corrected chi connectivity index (χ0v) is 19.7. The number of aliphatic hydroxyl groups excluding tert-OH is 1. The smallest absolute Gasteiger partial charge is 0.149 e. The SMILES string of the molecule is N#Cc1c(N2C3CC(c4ncc(Cl)cn4)CC2C3)nc2c(c1NC1(CO)CCC1)S(=O)CC2. The van der Waals surface area contributed by atoms with E-state index >= 15 is 0 Å². The molecule has 2 aromatic heterocycles. The van der Waals surface area contributed by atoms with Gasteiger partial charge in [-0.25, -0.2) is 15.0 Å². The molecule has 5 aliphatic rings. The van der Waals surface area contributed by atoms with Crippen LogP contribution in [0.4, 0.5) is 11.5 Å². The van der Waals surface area contributed by atoms with Crippen molar-refractivity contribution in [2.24, 2.45) is 0 Å². The van der Waals surface area contributed by atoms with Crippen LogP contribution in [-0.2, 0) is 17.2 Å². The van der Waals surface area contributed by atoms with Gasteiger partial charge in [-0.15, -0.1) is 0 Å². The van der Waals surface area contributed by atoms with Crippen molar-refractivity contribution in [3.8, 4) is 6.07 Å². The van der Waals surface area contributed by atoms with Crippen LogP contribution >= 0.6 is 11.6 Å². The van der Waals surface area contributed by atoms with Crippen molar-refractivity contribution in [3.05, 3.63) is 34.5 Å². The normalized spacial score (nSPS) is 28.9. The van der Waals surface area contributed by atoms with Gasteiger partial charge in [0.05, 0.1) is 44.2 Å². The fraction of sp³-hybridized carbons (Fsp3) is 0.565. The van der Waals surface area contributed by atoms with E-state index in [4.69, 9.17) is 16.6 Å². The first-order chi connectivity index (χ1) is 16.0. The fourth-order valence-corrected chi connectivity index (χ4v) is 7.35. The Morgan fingerprint density at radius 3 is 2.61 bits per heavy atom. The number of aliphatic hydroxyl groups is 1. The Morgan fingerprint density at radius 1 is 1.27 bits per heavy atom. The number of fused-ring (bicyclic) bond motifs is 3. The topological polar surface area (TPSA) is 115 Å². The van der Waals surface area contributed by atoms with Gasteiger partial charge in [0.15, 0.2) is 0 Å². The highest BCUT2D eigenvalue weighted by molar-refractivity contribution is 7.85. The van der Waals surface area contributed by atoms with Crippen LogP contribution in [0.5, 0.6) is 0 Å². The summed E-state index contributed by atoms with van der Waals surface area (Å²) >= 11 is 5.95. The van der Waals surface area contributed by atoms with Crippen LogP contribution in [0.3, 0.4) is 0 Å². The number of pyridine rings is 1. The Balaban J connectivity index is 1.36. The molecule has 10 heteroatoms. The van der Waals surface area contributed by atoms with E-state index in [1.165, 1.54) is 0 Å².